The van der Waals surface area contributed by atoms with E-state index in [1.54, 1.807) is 0 Å². The minimum absolute atomic E-state index is 0.0668. The fraction of sp³-hybridized carbons (Fsp3) is 0.500. The number of hydrogen-bond donors (Lipinski definition) is 1. The molecule has 1 saturated heterocycles. The maximum Gasteiger partial charge on any atom is 0.261 e. The maximum atomic E-state index is 7.02. The van der Waals surface area contributed by atoms with Crippen LogP contribution in [0.15, 0.2) is 60.7 Å². The molecule has 0 amide bonds. The van der Waals surface area contributed by atoms with Crippen LogP contribution in [0.4, 0.5) is 0 Å². The lowest BCUT2D eigenvalue weighted by molar-refractivity contribution is 0.252. The van der Waals surface area contributed by atoms with Gasteiger partial charge < -0.3 is 9.74 Å². The number of nitrogens with one attached hydrogen (secondary N) is 1. The third kappa shape index (κ3) is 3.78. The molecule has 0 unspecified atom stereocenters. The second kappa shape index (κ2) is 7.54. The predicted molar refractivity (Wildman–Crippen MR) is 116 cm³/mol. The molecule has 0 spiro atoms. The van der Waals surface area contributed by atoms with Gasteiger partial charge in [0.2, 0.25) is 0 Å². The van der Waals surface area contributed by atoms with E-state index in [9.17, 15) is 0 Å². The van der Waals surface area contributed by atoms with Crippen molar-refractivity contribution < 1.29 is 4.43 Å². The lowest BCUT2D eigenvalue weighted by Crippen LogP contribution is -2.66. The van der Waals surface area contributed by atoms with E-state index >= 15 is 0 Å². The molecule has 1 saturated carbocycles. The Labute approximate surface area is 165 Å². The molecule has 3 heteroatoms. The van der Waals surface area contributed by atoms with Gasteiger partial charge in [0.25, 0.3) is 8.32 Å². The van der Waals surface area contributed by atoms with Crippen LogP contribution in [0.25, 0.3) is 0 Å². The summed E-state index contributed by atoms with van der Waals surface area (Å²) in [5.41, 5.74) is 0. The average Bonchev–Trinajstić information content (AvgIpc) is 3.44. The monoisotopic (exact) mass is 379 g/mol. The molecule has 0 bridgehead atoms. The lowest BCUT2D eigenvalue weighted by atomic mass is 10.0. The Morgan fingerprint density at radius 3 is 2.00 bits per heavy atom. The summed E-state index contributed by atoms with van der Waals surface area (Å²) in [7, 11) is -2.37. The molecule has 0 aromatic heterocycles. The van der Waals surface area contributed by atoms with Crippen LogP contribution in [-0.2, 0) is 4.43 Å². The SMILES string of the molecule is CC(C)(C)[Si](OCC[C@@H]1C[C@H]2C[C@H]2CN1)(c1ccccc1)c1ccccc1. The van der Waals surface area contributed by atoms with Crippen molar-refractivity contribution >= 4 is 18.7 Å². The van der Waals surface area contributed by atoms with Crippen LogP contribution in [-0.4, -0.2) is 27.5 Å². The third-order valence-corrected chi connectivity index (χ3v) is 11.6. The van der Waals surface area contributed by atoms with Gasteiger partial charge in [-0.15, -0.1) is 0 Å². The Kier molecular flexibility index (Phi) is 5.28. The first kappa shape index (κ1) is 18.9. The normalized spacial score (nSPS) is 25.1. The van der Waals surface area contributed by atoms with Gasteiger partial charge in [-0.3, -0.25) is 0 Å². The van der Waals surface area contributed by atoms with E-state index in [4.69, 9.17) is 4.43 Å². The van der Waals surface area contributed by atoms with Gasteiger partial charge in [0, 0.05) is 12.6 Å². The van der Waals surface area contributed by atoms with Gasteiger partial charge in [0.05, 0.1) is 0 Å². The first-order valence-electron chi connectivity index (χ1n) is 10.5. The first-order chi connectivity index (χ1) is 13.0. The quantitative estimate of drug-likeness (QED) is 0.767. The Morgan fingerprint density at radius 2 is 1.48 bits per heavy atom. The van der Waals surface area contributed by atoms with Crippen molar-refractivity contribution in [3.05, 3.63) is 60.7 Å². The molecule has 27 heavy (non-hydrogen) atoms. The minimum Gasteiger partial charge on any atom is -0.407 e. The van der Waals surface area contributed by atoms with E-state index in [-0.39, 0.29) is 5.04 Å². The van der Waals surface area contributed by atoms with Gasteiger partial charge in [0.15, 0.2) is 0 Å². The number of rotatable bonds is 6. The van der Waals surface area contributed by atoms with E-state index in [1.807, 2.05) is 0 Å². The first-order valence-corrected chi connectivity index (χ1v) is 12.4. The molecule has 3 atom stereocenters. The molecular weight excluding hydrogens is 346 g/mol. The van der Waals surface area contributed by atoms with Gasteiger partial charge in [-0.25, -0.2) is 0 Å². The Hall–Kier alpha value is -1.42. The summed E-state index contributed by atoms with van der Waals surface area (Å²) in [4.78, 5) is 0. The van der Waals surface area contributed by atoms with Gasteiger partial charge in [0.1, 0.15) is 0 Å². The highest BCUT2D eigenvalue weighted by Crippen LogP contribution is 2.44. The molecule has 0 radical (unpaired) electrons. The van der Waals surface area contributed by atoms with Crippen molar-refractivity contribution in [2.24, 2.45) is 11.8 Å². The minimum atomic E-state index is -2.37. The molecule has 2 fully saturated rings. The summed E-state index contributed by atoms with van der Waals surface area (Å²) in [6.07, 6.45) is 3.90. The summed E-state index contributed by atoms with van der Waals surface area (Å²) >= 11 is 0. The van der Waals surface area contributed by atoms with Crippen molar-refractivity contribution in [2.75, 3.05) is 13.2 Å². The Balaban J connectivity index is 1.60. The molecule has 144 valence electrons. The van der Waals surface area contributed by atoms with Crippen LogP contribution in [0.5, 0.6) is 0 Å². The van der Waals surface area contributed by atoms with E-state index in [1.165, 1.54) is 29.8 Å². The molecule has 1 aliphatic heterocycles. The molecule has 2 aromatic carbocycles. The molecule has 1 heterocycles. The van der Waals surface area contributed by atoms with Crippen molar-refractivity contribution in [3.63, 3.8) is 0 Å². The second-order valence-electron chi connectivity index (χ2n) is 9.40. The number of piperidine rings is 1. The molecule has 2 nitrogen and oxygen atoms in total. The van der Waals surface area contributed by atoms with E-state index < -0.39 is 8.32 Å². The Bertz CT molecular complexity index is 700. The number of fused-ring (bicyclic) bond motifs is 1. The average molecular weight is 380 g/mol. The highest BCUT2D eigenvalue weighted by molar-refractivity contribution is 6.99. The third-order valence-electron chi connectivity index (χ3n) is 6.53. The van der Waals surface area contributed by atoms with Crippen molar-refractivity contribution in [2.45, 2.75) is 51.1 Å². The zero-order valence-corrected chi connectivity index (χ0v) is 17.9. The maximum absolute atomic E-state index is 7.02. The van der Waals surface area contributed by atoms with Crippen LogP contribution in [0.1, 0.15) is 40.0 Å². The van der Waals surface area contributed by atoms with Crippen LogP contribution >= 0.6 is 0 Å². The fourth-order valence-electron chi connectivity index (χ4n) is 4.95. The fourth-order valence-corrected chi connectivity index (χ4v) is 9.53. The summed E-state index contributed by atoms with van der Waals surface area (Å²) < 4.78 is 7.02. The van der Waals surface area contributed by atoms with Crippen LogP contribution < -0.4 is 15.7 Å². The Morgan fingerprint density at radius 1 is 0.889 bits per heavy atom. The smallest absolute Gasteiger partial charge is 0.261 e. The second-order valence-corrected chi connectivity index (χ2v) is 13.7. The molecule has 2 aromatic rings. The predicted octanol–water partition coefficient (Wildman–Crippen LogP) is 3.95. The summed E-state index contributed by atoms with van der Waals surface area (Å²) in [6.45, 7) is 9.11. The van der Waals surface area contributed by atoms with Gasteiger partial charge >= 0.3 is 0 Å². The van der Waals surface area contributed by atoms with Gasteiger partial charge in [-0.2, -0.15) is 0 Å². The zero-order chi connectivity index (χ0) is 18.9. The molecule has 1 aliphatic carbocycles. The van der Waals surface area contributed by atoms with E-state index in [2.05, 4.69) is 86.8 Å². The largest absolute Gasteiger partial charge is 0.407 e. The van der Waals surface area contributed by atoms with Crippen LogP contribution in [0, 0.1) is 11.8 Å². The highest BCUT2D eigenvalue weighted by Gasteiger charge is 2.50. The van der Waals surface area contributed by atoms with Crippen molar-refractivity contribution in [3.8, 4) is 0 Å². The molecular formula is C24H33NOSi. The standard InChI is InChI=1S/C24H33NOSi/c1-24(2,3)27(22-10-6-4-7-11-22,23-12-8-5-9-13-23)26-15-14-21-17-19-16-20(19)18-25-21/h4-13,19-21,25H,14-18H2,1-3H3/t19-,20+,21-/m1/s1. The summed E-state index contributed by atoms with van der Waals surface area (Å²) in [6, 6.07) is 22.6. The molecule has 2 aliphatic rings. The summed E-state index contributed by atoms with van der Waals surface area (Å²) in [5, 5.41) is 6.57. The van der Waals surface area contributed by atoms with E-state index in [0.717, 1.165) is 24.9 Å². The number of benzene rings is 2. The zero-order valence-electron chi connectivity index (χ0n) is 16.9. The van der Waals surface area contributed by atoms with Crippen molar-refractivity contribution in [1.82, 2.24) is 5.32 Å². The van der Waals surface area contributed by atoms with Crippen LogP contribution in [0.3, 0.4) is 0 Å². The highest BCUT2D eigenvalue weighted by atomic mass is 28.4. The lowest BCUT2D eigenvalue weighted by Gasteiger charge is -2.43. The molecule has 1 N–H and O–H groups in total. The summed E-state index contributed by atoms with van der Waals surface area (Å²) in [5.74, 6) is 1.96. The van der Waals surface area contributed by atoms with Crippen LogP contribution in [0.2, 0.25) is 5.04 Å². The topological polar surface area (TPSA) is 21.3 Å². The van der Waals surface area contributed by atoms with E-state index in [0.29, 0.717) is 6.04 Å². The van der Waals surface area contributed by atoms with Gasteiger partial charge in [-0.1, -0.05) is 81.4 Å². The molecule has 4 rings (SSSR count). The van der Waals surface area contributed by atoms with Crippen molar-refractivity contribution in [1.29, 1.82) is 0 Å². The number of hydrogen-bond acceptors (Lipinski definition) is 2. The van der Waals surface area contributed by atoms with Gasteiger partial charge in [-0.05, 0) is 53.1 Å².